The molecule has 5 heteroatoms. The van der Waals surface area contributed by atoms with Gasteiger partial charge in [-0.3, -0.25) is 9.59 Å². The van der Waals surface area contributed by atoms with E-state index in [4.69, 9.17) is 4.74 Å². The smallest absolute Gasteiger partial charge is 0.253 e. The van der Waals surface area contributed by atoms with Crippen LogP contribution in [0.1, 0.15) is 44.7 Å². The van der Waals surface area contributed by atoms with Crippen LogP contribution in [0.3, 0.4) is 0 Å². The largest absolute Gasteiger partial charge is 0.497 e. The first-order valence-corrected chi connectivity index (χ1v) is 10.8. The summed E-state index contributed by atoms with van der Waals surface area (Å²) in [6.45, 7) is 2.52. The van der Waals surface area contributed by atoms with Gasteiger partial charge in [0, 0.05) is 30.8 Å². The molecule has 0 aliphatic heterocycles. The Hall–Kier alpha value is -3.60. The highest BCUT2D eigenvalue weighted by Gasteiger charge is 2.24. The van der Waals surface area contributed by atoms with Gasteiger partial charge in [0.25, 0.3) is 11.8 Å². The van der Waals surface area contributed by atoms with Gasteiger partial charge in [0.05, 0.1) is 7.11 Å². The van der Waals surface area contributed by atoms with Crippen LogP contribution in [-0.2, 0) is 6.54 Å². The summed E-state index contributed by atoms with van der Waals surface area (Å²) in [5.41, 5.74) is 5.36. The predicted molar refractivity (Wildman–Crippen MR) is 126 cm³/mol. The third kappa shape index (κ3) is 4.99. The Morgan fingerprint density at radius 2 is 1.72 bits per heavy atom. The van der Waals surface area contributed by atoms with Gasteiger partial charge in [-0.1, -0.05) is 30.3 Å². The number of rotatable bonds is 7. The third-order valence-corrected chi connectivity index (χ3v) is 5.76. The molecule has 1 aliphatic carbocycles. The van der Waals surface area contributed by atoms with Crippen molar-refractivity contribution in [3.8, 4) is 16.9 Å². The molecule has 3 aromatic carbocycles. The van der Waals surface area contributed by atoms with Crippen molar-refractivity contribution in [1.82, 2.24) is 10.2 Å². The second-order valence-electron chi connectivity index (χ2n) is 8.37. The Bertz CT molecular complexity index is 1130. The summed E-state index contributed by atoms with van der Waals surface area (Å²) in [5.74, 6) is 0.699. The number of aryl methyl sites for hydroxylation is 1. The number of amides is 2. The molecule has 164 valence electrons. The van der Waals surface area contributed by atoms with Crippen molar-refractivity contribution in [3.05, 3.63) is 89.0 Å². The summed E-state index contributed by atoms with van der Waals surface area (Å²) in [6.07, 6.45) is 2.12. The highest BCUT2D eigenvalue weighted by atomic mass is 16.5. The van der Waals surface area contributed by atoms with E-state index in [1.54, 1.807) is 19.1 Å². The van der Waals surface area contributed by atoms with Crippen molar-refractivity contribution in [2.24, 2.45) is 0 Å². The average molecular weight is 429 g/mol. The molecule has 0 unspecified atom stereocenters. The van der Waals surface area contributed by atoms with E-state index in [0.29, 0.717) is 23.7 Å². The van der Waals surface area contributed by atoms with E-state index in [1.165, 1.54) is 0 Å². The number of carbonyl (C=O) groups excluding carboxylic acids is 2. The fourth-order valence-corrected chi connectivity index (χ4v) is 3.70. The van der Waals surface area contributed by atoms with Crippen LogP contribution >= 0.6 is 0 Å². The first kappa shape index (κ1) is 21.6. The number of hydrogen-bond donors (Lipinski definition) is 1. The van der Waals surface area contributed by atoms with Gasteiger partial charge in [0.15, 0.2) is 0 Å². The molecule has 1 N–H and O–H groups in total. The summed E-state index contributed by atoms with van der Waals surface area (Å²) < 4.78 is 5.26. The van der Waals surface area contributed by atoms with Gasteiger partial charge in [-0.2, -0.15) is 0 Å². The first-order valence-electron chi connectivity index (χ1n) is 10.8. The maximum Gasteiger partial charge on any atom is 0.253 e. The van der Waals surface area contributed by atoms with E-state index in [2.05, 4.69) is 5.32 Å². The standard InChI is InChI=1S/C27H28N2O3/c1-18-7-8-22(26(30)28-23-13-14-23)16-25(18)20-9-11-21(12-10-20)27(31)29(2)17-19-5-4-6-24(15-19)32-3/h4-12,15-16,23H,13-14,17H2,1-3H3,(H,28,30). The lowest BCUT2D eigenvalue weighted by Crippen LogP contribution is -2.26. The molecule has 4 rings (SSSR count). The van der Waals surface area contributed by atoms with E-state index in [9.17, 15) is 9.59 Å². The molecule has 0 saturated heterocycles. The molecule has 5 nitrogen and oxygen atoms in total. The zero-order chi connectivity index (χ0) is 22.7. The number of methoxy groups -OCH3 is 1. The van der Waals surface area contributed by atoms with Crippen LogP contribution in [0.2, 0.25) is 0 Å². The van der Waals surface area contributed by atoms with Gasteiger partial charge in [0.1, 0.15) is 5.75 Å². The molecule has 0 heterocycles. The van der Waals surface area contributed by atoms with Crippen molar-refractivity contribution < 1.29 is 14.3 Å². The topological polar surface area (TPSA) is 58.6 Å². The molecule has 3 aromatic rings. The highest BCUT2D eigenvalue weighted by molar-refractivity contribution is 5.97. The fraction of sp³-hybridized carbons (Fsp3) is 0.259. The zero-order valence-corrected chi connectivity index (χ0v) is 18.7. The summed E-state index contributed by atoms with van der Waals surface area (Å²) in [7, 11) is 3.42. The number of ether oxygens (including phenoxy) is 1. The quantitative estimate of drug-likeness (QED) is 0.586. The number of hydrogen-bond acceptors (Lipinski definition) is 3. The van der Waals surface area contributed by atoms with Crippen LogP contribution in [0.25, 0.3) is 11.1 Å². The lowest BCUT2D eigenvalue weighted by Gasteiger charge is -2.18. The molecule has 0 aromatic heterocycles. The van der Waals surface area contributed by atoms with Crippen molar-refractivity contribution >= 4 is 11.8 Å². The Balaban J connectivity index is 1.48. The second-order valence-corrected chi connectivity index (χ2v) is 8.37. The normalized spacial score (nSPS) is 12.8. The van der Waals surface area contributed by atoms with E-state index in [-0.39, 0.29) is 11.8 Å². The fourth-order valence-electron chi connectivity index (χ4n) is 3.70. The van der Waals surface area contributed by atoms with Crippen LogP contribution in [-0.4, -0.2) is 36.9 Å². The Kier molecular flexibility index (Phi) is 6.26. The van der Waals surface area contributed by atoms with Gasteiger partial charge >= 0.3 is 0 Å². The van der Waals surface area contributed by atoms with Crippen LogP contribution < -0.4 is 10.1 Å². The number of benzene rings is 3. The van der Waals surface area contributed by atoms with Crippen LogP contribution in [0.15, 0.2) is 66.7 Å². The molecule has 32 heavy (non-hydrogen) atoms. The molecule has 1 aliphatic rings. The Labute approximate surface area is 189 Å². The summed E-state index contributed by atoms with van der Waals surface area (Å²) in [6, 6.07) is 21.4. The maximum absolute atomic E-state index is 12.9. The van der Waals surface area contributed by atoms with Crippen molar-refractivity contribution in [3.63, 3.8) is 0 Å². The maximum atomic E-state index is 12.9. The van der Waals surface area contributed by atoms with Gasteiger partial charge in [-0.05, 0) is 78.4 Å². The summed E-state index contributed by atoms with van der Waals surface area (Å²) >= 11 is 0. The molecule has 1 fully saturated rings. The van der Waals surface area contributed by atoms with E-state index in [1.807, 2.05) is 73.7 Å². The number of nitrogens with zero attached hydrogens (tertiary/aromatic N) is 1. The molecule has 0 atom stereocenters. The molecule has 0 radical (unpaired) electrons. The van der Waals surface area contributed by atoms with Crippen LogP contribution in [0.4, 0.5) is 0 Å². The van der Waals surface area contributed by atoms with E-state index >= 15 is 0 Å². The van der Waals surface area contributed by atoms with E-state index in [0.717, 1.165) is 40.8 Å². The molecular weight excluding hydrogens is 400 g/mol. The minimum absolute atomic E-state index is 0.0280. The van der Waals surface area contributed by atoms with Crippen LogP contribution in [0, 0.1) is 6.92 Å². The van der Waals surface area contributed by atoms with Gasteiger partial charge < -0.3 is 15.0 Å². The van der Waals surface area contributed by atoms with Gasteiger partial charge in [-0.15, -0.1) is 0 Å². The molecule has 0 bridgehead atoms. The zero-order valence-electron chi connectivity index (χ0n) is 18.7. The predicted octanol–water partition coefficient (Wildman–Crippen LogP) is 4.84. The summed E-state index contributed by atoms with van der Waals surface area (Å²) in [5, 5.41) is 3.03. The second kappa shape index (κ2) is 9.27. The van der Waals surface area contributed by atoms with E-state index < -0.39 is 0 Å². The third-order valence-electron chi connectivity index (χ3n) is 5.76. The SMILES string of the molecule is COc1cccc(CN(C)C(=O)c2ccc(-c3cc(C(=O)NC4CC4)ccc3C)cc2)c1. The number of carbonyl (C=O) groups is 2. The molecule has 2 amide bonds. The van der Waals surface area contributed by atoms with Crippen molar-refractivity contribution in [2.45, 2.75) is 32.4 Å². The first-order chi connectivity index (χ1) is 15.4. The van der Waals surface area contributed by atoms with Crippen LogP contribution in [0.5, 0.6) is 5.75 Å². The monoisotopic (exact) mass is 428 g/mol. The lowest BCUT2D eigenvalue weighted by molar-refractivity contribution is 0.0784. The minimum Gasteiger partial charge on any atom is -0.497 e. The van der Waals surface area contributed by atoms with Gasteiger partial charge in [0.2, 0.25) is 0 Å². The van der Waals surface area contributed by atoms with Gasteiger partial charge in [-0.25, -0.2) is 0 Å². The Morgan fingerprint density at radius 3 is 2.41 bits per heavy atom. The average Bonchev–Trinajstić information content (AvgIpc) is 3.63. The number of nitrogens with one attached hydrogen (secondary N) is 1. The highest BCUT2D eigenvalue weighted by Crippen LogP contribution is 2.26. The summed E-state index contributed by atoms with van der Waals surface area (Å²) in [4.78, 5) is 27.0. The molecule has 0 spiro atoms. The lowest BCUT2D eigenvalue weighted by atomic mass is 9.97. The molecular formula is C27H28N2O3. The van der Waals surface area contributed by atoms with Crippen molar-refractivity contribution in [2.75, 3.05) is 14.2 Å². The minimum atomic E-state index is -0.0475. The van der Waals surface area contributed by atoms with Crippen molar-refractivity contribution in [1.29, 1.82) is 0 Å². The molecule has 1 saturated carbocycles. The Morgan fingerprint density at radius 1 is 1.00 bits per heavy atom.